The van der Waals surface area contributed by atoms with Crippen molar-refractivity contribution in [2.45, 2.75) is 32.5 Å². The van der Waals surface area contributed by atoms with Crippen LogP contribution in [0.15, 0.2) is 0 Å². The van der Waals surface area contributed by atoms with Crippen molar-refractivity contribution >= 4 is 10.5 Å². The third-order valence-corrected chi connectivity index (χ3v) is 2.54. The molecule has 0 aliphatic heterocycles. The highest BCUT2D eigenvalue weighted by molar-refractivity contribution is 5.98. The zero-order chi connectivity index (χ0) is 6.78. The monoisotopic (exact) mass is 136 g/mol. The quantitative estimate of drug-likeness (QED) is 0.500. The average Bonchev–Trinajstić information content (AvgIpc) is 1.67. The van der Waals surface area contributed by atoms with E-state index in [4.69, 9.17) is 4.43 Å². The van der Waals surface area contributed by atoms with E-state index < -0.39 is 11.8 Å². The molecule has 50 valence electrons. The number of rotatable bonds is 2. The molecule has 0 rings (SSSR count). The second-order valence-electron chi connectivity index (χ2n) is 2.42. The Morgan fingerprint density at radius 2 is 2.00 bits per heavy atom. The molecule has 8 heavy (non-hydrogen) atoms. The maximum absolute atomic E-state index is 12.4. The van der Waals surface area contributed by atoms with Crippen molar-refractivity contribution in [3.8, 4) is 0 Å². The molecule has 0 bridgehead atoms. The highest BCUT2D eigenvalue weighted by Crippen LogP contribution is 2.14. The first-order valence-corrected chi connectivity index (χ1v) is 3.51. The van der Waals surface area contributed by atoms with Crippen LogP contribution in [0.2, 0.25) is 0 Å². The van der Waals surface area contributed by atoms with Crippen molar-refractivity contribution in [1.82, 2.24) is 0 Å². The molecule has 0 aliphatic carbocycles. The van der Waals surface area contributed by atoms with Crippen LogP contribution < -0.4 is 0 Å². The van der Waals surface area contributed by atoms with Crippen molar-refractivity contribution in [3.05, 3.63) is 0 Å². The van der Waals surface area contributed by atoms with E-state index in [-0.39, 0.29) is 0 Å². The van der Waals surface area contributed by atoms with E-state index >= 15 is 0 Å². The van der Waals surface area contributed by atoms with Gasteiger partial charge >= 0.3 is 0 Å². The fourth-order valence-electron chi connectivity index (χ4n) is 0.162. The Morgan fingerprint density at radius 1 is 1.62 bits per heavy atom. The Bertz CT molecular complexity index is 72.8. The van der Waals surface area contributed by atoms with Crippen LogP contribution in [-0.2, 0) is 4.43 Å². The van der Waals surface area contributed by atoms with Crippen molar-refractivity contribution in [3.63, 3.8) is 0 Å². The Balaban J connectivity index is 3.71. The molecule has 0 saturated heterocycles. The minimum absolute atomic E-state index is 0.563. The maximum Gasteiger partial charge on any atom is 0.146 e. The lowest BCUT2D eigenvalue weighted by Crippen LogP contribution is -2.33. The standard InChI is InChI=1S/C5H13FOSi/c1-4(6)5(2,3)7-8/h4H,1-3,8H3. The fraction of sp³-hybridized carbons (Fsp3) is 1.00. The molecule has 0 aromatic carbocycles. The number of alkyl halides is 1. The van der Waals surface area contributed by atoms with Crippen molar-refractivity contribution in [2.24, 2.45) is 0 Å². The molecular weight excluding hydrogens is 123 g/mol. The maximum atomic E-state index is 12.4. The number of hydrogen-bond acceptors (Lipinski definition) is 1. The van der Waals surface area contributed by atoms with E-state index in [1.165, 1.54) is 6.92 Å². The van der Waals surface area contributed by atoms with Gasteiger partial charge < -0.3 is 4.43 Å². The molecule has 3 heteroatoms. The molecule has 0 radical (unpaired) electrons. The summed E-state index contributed by atoms with van der Waals surface area (Å²) in [5.74, 6) is 0. The zero-order valence-corrected chi connectivity index (χ0v) is 7.86. The smallest absolute Gasteiger partial charge is 0.146 e. The van der Waals surface area contributed by atoms with Crippen molar-refractivity contribution < 1.29 is 8.82 Å². The average molecular weight is 136 g/mol. The topological polar surface area (TPSA) is 9.23 Å². The second-order valence-corrected chi connectivity index (χ2v) is 2.83. The number of hydrogen-bond donors (Lipinski definition) is 0. The van der Waals surface area contributed by atoms with Crippen LogP contribution in [0.1, 0.15) is 20.8 Å². The largest absolute Gasteiger partial charge is 0.420 e. The third-order valence-electron chi connectivity index (χ3n) is 1.48. The minimum atomic E-state index is -0.875. The van der Waals surface area contributed by atoms with Gasteiger partial charge in [-0.15, -0.1) is 0 Å². The highest BCUT2D eigenvalue weighted by atomic mass is 28.2. The van der Waals surface area contributed by atoms with Crippen LogP contribution in [0, 0.1) is 0 Å². The Labute approximate surface area is 52.8 Å². The summed E-state index contributed by atoms with van der Waals surface area (Å²) in [7, 11) is 0.605. The van der Waals surface area contributed by atoms with E-state index in [9.17, 15) is 4.39 Å². The van der Waals surface area contributed by atoms with Gasteiger partial charge in [-0.2, -0.15) is 0 Å². The van der Waals surface area contributed by atoms with Gasteiger partial charge in [0.15, 0.2) is 0 Å². The molecule has 0 N–H and O–H groups in total. The first kappa shape index (κ1) is 8.11. The van der Waals surface area contributed by atoms with Crippen molar-refractivity contribution in [2.75, 3.05) is 0 Å². The van der Waals surface area contributed by atoms with E-state index in [0.717, 1.165) is 0 Å². The zero-order valence-electron chi connectivity index (χ0n) is 5.86. The Kier molecular flexibility index (Phi) is 2.63. The van der Waals surface area contributed by atoms with Gasteiger partial charge in [0, 0.05) is 0 Å². The Hall–Kier alpha value is 0.107. The van der Waals surface area contributed by atoms with E-state index in [1.54, 1.807) is 13.8 Å². The minimum Gasteiger partial charge on any atom is -0.420 e. The van der Waals surface area contributed by atoms with Crippen LogP contribution in [-0.4, -0.2) is 22.3 Å². The summed E-state index contributed by atoms with van der Waals surface area (Å²) >= 11 is 0. The van der Waals surface area contributed by atoms with Crippen LogP contribution in [0.25, 0.3) is 0 Å². The lowest BCUT2D eigenvalue weighted by molar-refractivity contribution is 0.0379. The van der Waals surface area contributed by atoms with Crippen LogP contribution in [0.4, 0.5) is 4.39 Å². The molecule has 0 saturated carbocycles. The lowest BCUT2D eigenvalue weighted by Gasteiger charge is -2.24. The van der Waals surface area contributed by atoms with Gasteiger partial charge in [0.1, 0.15) is 16.7 Å². The molecule has 0 aromatic rings. The molecule has 0 amide bonds. The first-order chi connectivity index (χ1) is 3.50. The molecule has 0 heterocycles. The summed E-state index contributed by atoms with van der Waals surface area (Å²) in [6.45, 7) is 5.02. The summed E-state index contributed by atoms with van der Waals surface area (Å²) < 4.78 is 17.3. The number of halogens is 1. The van der Waals surface area contributed by atoms with E-state index in [0.29, 0.717) is 10.5 Å². The molecule has 0 fully saturated rings. The van der Waals surface area contributed by atoms with Crippen LogP contribution >= 0.6 is 0 Å². The van der Waals surface area contributed by atoms with Crippen LogP contribution in [0.3, 0.4) is 0 Å². The first-order valence-electron chi connectivity index (χ1n) is 2.70. The van der Waals surface area contributed by atoms with Gasteiger partial charge in [-0.25, -0.2) is 4.39 Å². The summed E-state index contributed by atoms with van der Waals surface area (Å²) in [5, 5.41) is 0. The Morgan fingerprint density at radius 3 is 2.00 bits per heavy atom. The van der Waals surface area contributed by atoms with Crippen LogP contribution in [0.5, 0.6) is 0 Å². The molecule has 0 aromatic heterocycles. The second kappa shape index (κ2) is 2.59. The predicted octanol–water partition coefficient (Wildman–Crippen LogP) is 0.420. The molecule has 0 spiro atoms. The molecular formula is C5H13FOSi. The molecule has 1 atom stereocenters. The lowest BCUT2D eigenvalue weighted by atomic mass is 10.1. The normalized spacial score (nSPS) is 16.5. The highest BCUT2D eigenvalue weighted by Gasteiger charge is 2.23. The molecule has 0 aliphatic rings. The summed E-state index contributed by atoms with van der Waals surface area (Å²) in [4.78, 5) is 0. The SMILES string of the molecule is CC(F)C(C)(C)O[SiH3]. The van der Waals surface area contributed by atoms with Gasteiger partial charge in [0.2, 0.25) is 0 Å². The van der Waals surface area contributed by atoms with Gasteiger partial charge in [-0.3, -0.25) is 0 Å². The fourth-order valence-corrected chi connectivity index (χ4v) is 0.487. The van der Waals surface area contributed by atoms with Gasteiger partial charge in [0.25, 0.3) is 0 Å². The summed E-state index contributed by atoms with van der Waals surface area (Å²) in [6, 6.07) is 0. The third kappa shape index (κ3) is 1.92. The molecule has 1 unspecified atom stereocenters. The van der Waals surface area contributed by atoms with E-state index in [1.807, 2.05) is 0 Å². The van der Waals surface area contributed by atoms with Crippen molar-refractivity contribution in [1.29, 1.82) is 0 Å². The van der Waals surface area contributed by atoms with E-state index in [2.05, 4.69) is 0 Å². The van der Waals surface area contributed by atoms with Gasteiger partial charge in [-0.1, -0.05) is 0 Å². The molecule has 1 nitrogen and oxygen atoms in total. The van der Waals surface area contributed by atoms with Gasteiger partial charge in [0.05, 0.1) is 5.60 Å². The predicted molar refractivity (Wildman–Crippen MR) is 35.7 cm³/mol. The summed E-state index contributed by atoms with van der Waals surface area (Å²) in [5.41, 5.74) is -0.563. The van der Waals surface area contributed by atoms with Gasteiger partial charge in [-0.05, 0) is 20.8 Å². The summed E-state index contributed by atoms with van der Waals surface area (Å²) in [6.07, 6.45) is -0.875.